The summed E-state index contributed by atoms with van der Waals surface area (Å²) >= 11 is 5.82. The number of nitrogens with one attached hydrogen (secondary N) is 1. The zero-order valence-electron chi connectivity index (χ0n) is 17.1. The quantitative estimate of drug-likeness (QED) is 0.335. The molecule has 1 aromatic heterocycles. The van der Waals surface area contributed by atoms with Crippen LogP contribution >= 0.6 is 11.6 Å². The number of carbonyl (C=O) groups excluding carboxylic acids is 4. The van der Waals surface area contributed by atoms with Crippen LogP contribution in [0.15, 0.2) is 59.4 Å². The van der Waals surface area contributed by atoms with E-state index >= 15 is 0 Å². The Hall–Kier alpha value is -4.24. The van der Waals surface area contributed by atoms with Crippen molar-refractivity contribution in [3.8, 4) is 5.69 Å². The average molecular weight is 466 g/mol. The van der Waals surface area contributed by atoms with Crippen molar-refractivity contribution in [2.75, 3.05) is 5.73 Å². The molecule has 1 unspecified atom stereocenters. The molecule has 0 saturated heterocycles. The summed E-state index contributed by atoms with van der Waals surface area (Å²) in [6.07, 6.45) is -1.04. The van der Waals surface area contributed by atoms with Crippen LogP contribution < -0.4 is 16.6 Å². The van der Waals surface area contributed by atoms with Crippen LogP contribution in [0.25, 0.3) is 5.69 Å². The molecule has 1 aliphatic heterocycles. The number of halogens is 1. The number of pyridine rings is 1. The van der Waals surface area contributed by atoms with Gasteiger partial charge in [0.05, 0.1) is 22.4 Å². The largest absolute Gasteiger partial charge is 0.451 e. The lowest BCUT2D eigenvalue weighted by molar-refractivity contribution is 0.0319. The smallest absolute Gasteiger partial charge is 0.338 e. The van der Waals surface area contributed by atoms with E-state index in [2.05, 4.69) is 5.32 Å². The van der Waals surface area contributed by atoms with Crippen LogP contribution in [0.4, 0.5) is 5.82 Å². The summed E-state index contributed by atoms with van der Waals surface area (Å²) in [5.74, 6) is -2.71. The number of hydrogen-bond acceptors (Lipinski definition) is 7. The number of benzene rings is 2. The fraction of sp³-hybridized carbons (Fsp3) is 0.0870. The topological polar surface area (TPSA) is 138 Å². The first-order chi connectivity index (χ1) is 15.7. The normalized spacial score (nSPS) is 13.3. The van der Waals surface area contributed by atoms with E-state index in [1.165, 1.54) is 43.3 Å². The number of ketones is 1. The van der Waals surface area contributed by atoms with Crippen molar-refractivity contribution in [2.45, 2.75) is 13.0 Å². The molecule has 2 heterocycles. The molecule has 10 heteroatoms. The zero-order chi connectivity index (χ0) is 23.9. The van der Waals surface area contributed by atoms with Gasteiger partial charge in [-0.2, -0.15) is 0 Å². The highest BCUT2D eigenvalue weighted by Crippen LogP contribution is 2.23. The maximum Gasteiger partial charge on any atom is 0.338 e. The molecule has 0 saturated carbocycles. The SMILES string of the molecule is CC(OC(=O)c1ccc(-n2c(N)c3c(cc2=O)C(=O)NC3=O)cc1)C(=O)c1ccc(Cl)cc1. The number of nitrogen functional groups attached to an aromatic ring is 1. The highest BCUT2D eigenvalue weighted by molar-refractivity contribution is 6.30. The van der Waals surface area contributed by atoms with E-state index in [1.807, 2.05) is 0 Å². The van der Waals surface area contributed by atoms with Gasteiger partial charge >= 0.3 is 5.97 Å². The van der Waals surface area contributed by atoms with Gasteiger partial charge < -0.3 is 10.5 Å². The highest BCUT2D eigenvalue weighted by Gasteiger charge is 2.32. The van der Waals surface area contributed by atoms with E-state index in [4.69, 9.17) is 22.1 Å². The first kappa shape index (κ1) is 22.0. The molecule has 1 atom stereocenters. The summed E-state index contributed by atoms with van der Waals surface area (Å²) in [4.78, 5) is 61.2. The van der Waals surface area contributed by atoms with Crippen molar-refractivity contribution in [1.29, 1.82) is 0 Å². The molecule has 1 aliphatic rings. The molecule has 3 N–H and O–H groups in total. The Bertz CT molecular complexity index is 1380. The van der Waals surface area contributed by atoms with Crippen molar-refractivity contribution in [3.05, 3.63) is 92.2 Å². The first-order valence-corrected chi connectivity index (χ1v) is 10.1. The molecular weight excluding hydrogens is 450 g/mol. The molecule has 2 aromatic carbocycles. The molecule has 0 fully saturated rings. The van der Waals surface area contributed by atoms with Gasteiger partial charge in [-0.1, -0.05) is 11.6 Å². The molecule has 0 spiro atoms. The lowest BCUT2D eigenvalue weighted by atomic mass is 10.1. The Kier molecular flexibility index (Phi) is 5.57. The zero-order valence-corrected chi connectivity index (χ0v) is 17.9. The molecule has 0 bridgehead atoms. The molecule has 0 aliphatic carbocycles. The number of amides is 2. The highest BCUT2D eigenvalue weighted by atomic mass is 35.5. The Morgan fingerprint density at radius 1 is 0.970 bits per heavy atom. The third kappa shape index (κ3) is 4.01. The van der Waals surface area contributed by atoms with Gasteiger partial charge in [0.1, 0.15) is 5.82 Å². The molecule has 3 aromatic rings. The van der Waals surface area contributed by atoms with Crippen LogP contribution in [-0.4, -0.2) is 34.2 Å². The number of nitrogens with zero attached hydrogens (tertiary/aromatic N) is 1. The van der Waals surface area contributed by atoms with Crippen LogP contribution in [0.2, 0.25) is 5.02 Å². The van der Waals surface area contributed by atoms with E-state index in [9.17, 15) is 24.0 Å². The van der Waals surface area contributed by atoms with E-state index in [1.54, 1.807) is 12.1 Å². The number of rotatable bonds is 5. The molecular formula is C23H16ClN3O6. The van der Waals surface area contributed by atoms with Gasteiger partial charge in [-0.25, -0.2) is 4.79 Å². The van der Waals surface area contributed by atoms with Crippen molar-refractivity contribution in [2.24, 2.45) is 0 Å². The fourth-order valence-corrected chi connectivity index (χ4v) is 3.55. The second-order valence-corrected chi connectivity index (χ2v) is 7.68. The number of fused-ring (bicyclic) bond motifs is 1. The molecule has 4 rings (SSSR count). The number of nitrogens with two attached hydrogens (primary N) is 1. The van der Waals surface area contributed by atoms with Crippen LogP contribution in [-0.2, 0) is 4.74 Å². The summed E-state index contributed by atoms with van der Waals surface area (Å²) in [6, 6.07) is 12.9. The molecule has 33 heavy (non-hydrogen) atoms. The predicted molar refractivity (Wildman–Crippen MR) is 119 cm³/mol. The van der Waals surface area contributed by atoms with Crippen molar-refractivity contribution in [3.63, 3.8) is 0 Å². The van der Waals surface area contributed by atoms with Crippen LogP contribution in [0, 0.1) is 0 Å². The summed E-state index contributed by atoms with van der Waals surface area (Å²) in [7, 11) is 0. The second kappa shape index (κ2) is 8.36. The number of imide groups is 1. The monoisotopic (exact) mass is 465 g/mol. The van der Waals surface area contributed by atoms with Crippen LogP contribution in [0.5, 0.6) is 0 Å². The number of aromatic nitrogens is 1. The van der Waals surface area contributed by atoms with Crippen LogP contribution in [0.1, 0.15) is 48.4 Å². The predicted octanol–water partition coefficient (Wildman–Crippen LogP) is 2.38. The number of hydrogen-bond donors (Lipinski definition) is 2. The van der Waals surface area contributed by atoms with Crippen molar-refractivity contribution >= 4 is 41.0 Å². The Labute approximate surface area is 191 Å². The van der Waals surface area contributed by atoms with Gasteiger partial charge in [0.15, 0.2) is 6.10 Å². The number of Topliss-reactive ketones (excluding diaryl/α,β-unsaturated/α-hetero) is 1. The standard InChI is InChI=1S/C23H16ClN3O6/c1-11(19(29)12-2-6-14(24)7-3-12)33-23(32)13-4-8-15(9-5-13)27-17(28)10-16-18(20(27)25)22(31)26-21(16)30/h2-11H,25H2,1H3,(H,26,30,31). The molecule has 166 valence electrons. The minimum atomic E-state index is -1.04. The van der Waals surface area contributed by atoms with Gasteiger partial charge in [0.2, 0.25) is 5.78 Å². The molecule has 0 radical (unpaired) electrons. The first-order valence-electron chi connectivity index (χ1n) is 9.70. The van der Waals surface area contributed by atoms with Crippen LogP contribution in [0.3, 0.4) is 0 Å². The summed E-state index contributed by atoms with van der Waals surface area (Å²) in [5.41, 5.74) is 5.96. The van der Waals surface area contributed by atoms with E-state index in [0.717, 1.165) is 10.6 Å². The summed E-state index contributed by atoms with van der Waals surface area (Å²) in [5, 5.41) is 2.57. The third-order valence-corrected chi connectivity index (χ3v) is 5.35. The van der Waals surface area contributed by atoms with E-state index in [-0.39, 0.29) is 34.0 Å². The van der Waals surface area contributed by atoms with E-state index in [0.29, 0.717) is 10.6 Å². The molecule has 9 nitrogen and oxygen atoms in total. The Balaban J connectivity index is 1.55. The van der Waals surface area contributed by atoms with Gasteiger partial charge in [-0.05, 0) is 55.5 Å². The number of ether oxygens (including phenoxy) is 1. The molecule has 2 amide bonds. The number of carbonyl (C=O) groups is 4. The van der Waals surface area contributed by atoms with Gasteiger partial charge in [0, 0.05) is 16.7 Å². The summed E-state index contributed by atoms with van der Waals surface area (Å²) in [6.45, 7) is 1.46. The fourth-order valence-electron chi connectivity index (χ4n) is 3.42. The minimum absolute atomic E-state index is 0.0849. The van der Waals surface area contributed by atoms with Gasteiger partial charge in [-0.3, -0.25) is 29.1 Å². The average Bonchev–Trinajstić information content (AvgIpc) is 3.07. The summed E-state index contributed by atoms with van der Waals surface area (Å²) < 4.78 is 6.31. The number of esters is 1. The van der Waals surface area contributed by atoms with E-state index < -0.39 is 29.4 Å². The third-order valence-electron chi connectivity index (χ3n) is 5.10. The maximum atomic E-state index is 12.5. The second-order valence-electron chi connectivity index (χ2n) is 7.24. The van der Waals surface area contributed by atoms with Gasteiger partial charge in [0.25, 0.3) is 17.4 Å². The Morgan fingerprint density at radius 3 is 2.21 bits per heavy atom. The minimum Gasteiger partial charge on any atom is -0.451 e. The number of anilines is 1. The van der Waals surface area contributed by atoms with Crippen molar-refractivity contribution < 1.29 is 23.9 Å². The lowest BCUT2D eigenvalue weighted by Gasteiger charge is -2.14. The Morgan fingerprint density at radius 2 is 1.58 bits per heavy atom. The van der Waals surface area contributed by atoms with Gasteiger partial charge in [-0.15, -0.1) is 0 Å². The lowest BCUT2D eigenvalue weighted by Crippen LogP contribution is -2.25. The van der Waals surface area contributed by atoms with Crippen molar-refractivity contribution in [1.82, 2.24) is 9.88 Å². The maximum absolute atomic E-state index is 12.5.